The van der Waals surface area contributed by atoms with Gasteiger partial charge in [0, 0.05) is 0 Å². The molecule has 4 rings (SSSR count). The Morgan fingerprint density at radius 3 is 2.43 bits per heavy atom. The summed E-state index contributed by atoms with van der Waals surface area (Å²) in [6.45, 7) is 7.51. The summed E-state index contributed by atoms with van der Waals surface area (Å²) in [5, 5.41) is 10.2. The summed E-state index contributed by atoms with van der Waals surface area (Å²) in [7, 11) is -4.32. The summed E-state index contributed by atoms with van der Waals surface area (Å²) in [5.41, 5.74) is 0.835. The molecule has 6 heteroatoms. The molecule has 0 aromatic heterocycles. The molecule has 2 N–H and O–H groups in total. The van der Waals surface area contributed by atoms with Gasteiger partial charge in [0.25, 0.3) is 0 Å². The zero-order valence-corrected chi connectivity index (χ0v) is 19.9. The van der Waals surface area contributed by atoms with E-state index in [0.29, 0.717) is 35.0 Å². The minimum absolute atomic E-state index is 0.0741. The van der Waals surface area contributed by atoms with Gasteiger partial charge in [-0.1, -0.05) is 20.8 Å². The molecule has 0 unspecified atom stereocenters. The van der Waals surface area contributed by atoms with E-state index in [1.54, 1.807) is 0 Å². The minimum atomic E-state index is -4.32. The monoisotopic (exact) mass is 442 g/mol. The molecule has 4 aliphatic carbocycles. The Kier molecular flexibility index (Phi) is 6.37. The van der Waals surface area contributed by atoms with E-state index in [9.17, 15) is 13.5 Å². The van der Waals surface area contributed by atoms with E-state index in [2.05, 4.69) is 25.0 Å². The first-order valence-electron chi connectivity index (χ1n) is 12.3. The van der Waals surface area contributed by atoms with Crippen molar-refractivity contribution in [3.05, 3.63) is 0 Å². The van der Waals surface area contributed by atoms with Gasteiger partial charge in [-0.25, -0.2) is 4.18 Å². The second-order valence-electron chi connectivity index (χ2n) is 11.7. The Balaban J connectivity index is 1.41. The van der Waals surface area contributed by atoms with E-state index in [1.165, 1.54) is 44.9 Å². The largest absolute Gasteiger partial charge is 0.397 e. The molecule has 4 saturated carbocycles. The van der Waals surface area contributed by atoms with Gasteiger partial charge in [0.05, 0.1) is 12.7 Å². The number of hydrogen-bond donors (Lipinski definition) is 2. The van der Waals surface area contributed by atoms with Crippen LogP contribution in [0.25, 0.3) is 0 Å². The SMILES string of the molecule is C[C@H](CCCOS(=O)(=O)O)[C@H]1CC[C@H]2[C@@H]3CC[C@H]4C[C@@H](O)CC[C@]4(C)[C@H]3CC[C@]12C. The van der Waals surface area contributed by atoms with Crippen molar-refractivity contribution in [1.82, 2.24) is 0 Å². The van der Waals surface area contributed by atoms with Crippen molar-refractivity contribution in [2.75, 3.05) is 6.61 Å². The third-order valence-corrected chi connectivity index (χ3v) is 10.9. The Morgan fingerprint density at radius 1 is 1.00 bits per heavy atom. The van der Waals surface area contributed by atoms with E-state index < -0.39 is 10.4 Å². The first-order valence-corrected chi connectivity index (χ1v) is 13.7. The normalized spacial score (nSPS) is 47.2. The van der Waals surface area contributed by atoms with Crippen molar-refractivity contribution < 1.29 is 22.3 Å². The van der Waals surface area contributed by atoms with E-state index in [4.69, 9.17) is 4.55 Å². The Labute approximate surface area is 183 Å². The molecular formula is C24H42O5S. The molecule has 4 fully saturated rings. The number of rotatable bonds is 6. The fraction of sp³-hybridized carbons (Fsp3) is 1.00. The lowest BCUT2D eigenvalue weighted by molar-refractivity contribution is -0.129. The van der Waals surface area contributed by atoms with Gasteiger partial charge in [0.2, 0.25) is 0 Å². The summed E-state index contributed by atoms with van der Waals surface area (Å²) in [6, 6.07) is 0. The zero-order valence-electron chi connectivity index (χ0n) is 19.1. The Morgan fingerprint density at radius 2 is 1.70 bits per heavy atom. The number of aliphatic hydroxyl groups excluding tert-OH is 1. The second kappa shape index (κ2) is 8.31. The maximum atomic E-state index is 10.8. The van der Waals surface area contributed by atoms with E-state index >= 15 is 0 Å². The third-order valence-electron chi connectivity index (χ3n) is 10.4. The van der Waals surface area contributed by atoms with Crippen LogP contribution in [0.5, 0.6) is 0 Å². The molecule has 5 nitrogen and oxygen atoms in total. The zero-order chi connectivity index (χ0) is 21.7. The fourth-order valence-corrected chi connectivity index (χ4v) is 9.31. The van der Waals surface area contributed by atoms with Crippen LogP contribution in [0, 0.1) is 46.3 Å². The lowest BCUT2D eigenvalue weighted by atomic mass is 9.44. The number of hydrogen-bond acceptors (Lipinski definition) is 4. The molecule has 4 aliphatic rings. The average Bonchev–Trinajstić information content (AvgIpc) is 3.02. The lowest BCUT2D eigenvalue weighted by Crippen LogP contribution is -2.54. The van der Waals surface area contributed by atoms with Crippen LogP contribution in [0.1, 0.15) is 91.4 Å². The summed E-state index contributed by atoms with van der Waals surface area (Å²) >= 11 is 0. The molecule has 0 heterocycles. The van der Waals surface area contributed by atoms with Crippen LogP contribution in [-0.4, -0.2) is 30.8 Å². The molecule has 0 amide bonds. The van der Waals surface area contributed by atoms with Crippen molar-refractivity contribution in [1.29, 1.82) is 0 Å². The first-order chi connectivity index (χ1) is 14.0. The van der Waals surface area contributed by atoms with Crippen LogP contribution in [0.2, 0.25) is 0 Å². The van der Waals surface area contributed by atoms with Gasteiger partial charge in [0.1, 0.15) is 0 Å². The Hall–Kier alpha value is -0.170. The molecule has 174 valence electrons. The summed E-state index contributed by atoms with van der Waals surface area (Å²) in [6.07, 6.45) is 12.7. The van der Waals surface area contributed by atoms with Gasteiger partial charge in [-0.05, 0) is 117 Å². The van der Waals surface area contributed by atoms with Crippen LogP contribution in [0.3, 0.4) is 0 Å². The average molecular weight is 443 g/mol. The standard InChI is InChI=1S/C24H42O5S/c1-16(5-4-14-29-30(26,27)28)20-8-9-21-19-7-6-17-15-18(25)10-12-23(17,2)22(19)11-13-24(20,21)3/h16-22,25H,4-15H2,1-3H3,(H,26,27,28)/t16-,17+,18+,19+,20-,21+,22+,23+,24-/m1/s1. The molecule has 0 aromatic carbocycles. The summed E-state index contributed by atoms with van der Waals surface area (Å²) < 4.78 is 34.8. The van der Waals surface area contributed by atoms with Crippen LogP contribution in [0.15, 0.2) is 0 Å². The Bertz CT molecular complexity index is 723. The van der Waals surface area contributed by atoms with Gasteiger partial charge in [-0.2, -0.15) is 8.42 Å². The third kappa shape index (κ3) is 4.11. The van der Waals surface area contributed by atoms with Crippen molar-refractivity contribution in [3.63, 3.8) is 0 Å². The van der Waals surface area contributed by atoms with Crippen molar-refractivity contribution in [2.45, 2.75) is 97.5 Å². The van der Waals surface area contributed by atoms with E-state index in [1.807, 2.05) is 0 Å². The van der Waals surface area contributed by atoms with Crippen molar-refractivity contribution >= 4 is 10.4 Å². The molecule has 0 saturated heterocycles. The molecule has 0 aromatic rings. The van der Waals surface area contributed by atoms with Gasteiger partial charge < -0.3 is 5.11 Å². The van der Waals surface area contributed by atoms with Crippen LogP contribution in [-0.2, 0) is 14.6 Å². The molecule has 0 radical (unpaired) electrons. The molecule has 9 atom stereocenters. The smallest absolute Gasteiger partial charge is 0.393 e. The minimum Gasteiger partial charge on any atom is -0.393 e. The van der Waals surface area contributed by atoms with E-state index in [-0.39, 0.29) is 12.7 Å². The highest BCUT2D eigenvalue weighted by Crippen LogP contribution is 2.68. The highest BCUT2D eigenvalue weighted by molar-refractivity contribution is 7.80. The maximum Gasteiger partial charge on any atom is 0.397 e. The maximum absolute atomic E-state index is 10.8. The van der Waals surface area contributed by atoms with Gasteiger partial charge in [-0.3, -0.25) is 4.55 Å². The number of aliphatic hydroxyl groups is 1. The molecule has 30 heavy (non-hydrogen) atoms. The summed E-state index contributed by atoms with van der Waals surface area (Å²) in [4.78, 5) is 0. The van der Waals surface area contributed by atoms with Crippen molar-refractivity contribution in [2.24, 2.45) is 46.3 Å². The van der Waals surface area contributed by atoms with E-state index in [0.717, 1.165) is 37.0 Å². The first kappa shape index (κ1) is 23.0. The van der Waals surface area contributed by atoms with Gasteiger partial charge >= 0.3 is 10.4 Å². The summed E-state index contributed by atoms with van der Waals surface area (Å²) in [5.74, 6) is 4.47. The molecular weight excluding hydrogens is 400 g/mol. The molecule has 0 aliphatic heterocycles. The fourth-order valence-electron chi connectivity index (χ4n) is 8.98. The predicted octanol–water partition coefficient (Wildman–Crippen LogP) is 5.24. The lowest BCUT2D eigenvalue weighted by Gasteiger charge is -2.61. The highest BCUT2D eigenvalue weighted by Gasteiger charge is 2.60. The van der Waals surface area contributed by atoms with Crippen molar-refractivity contribution in [3.8, 4) is 0 Å². The highest BCUT2D eigenvalue weighted by atomic mass is 32.3. The molecule has 0 bridgehead atoms. The van der Waals surface area contributed by atoms with Gasteiger partial charge in [0.15, 0.2) is 0 Å². The predicted molar refractivity (Wildman–Crippen MR) is 117 cm³/mol. The van der Waals surface area contributed by atoms with Crippen LogP contribution < -0.4 is 0 Å². The molecule has 0 spiro atoms. The van der Waals surface area contributed by atoms with Crippen LogP contribution >= 0.6 is 0 Å². The quantitative estimate of drug-likeness (QED) is 0.434. The number of fused-ring (bicyclic) bond motifs is 5. The second-order valence-corrected chi connectivity index (χ2v) is 12.8. The van der Waals surface area contributed by atoms with Crippen LogP contribution in [0.4, 0.5) is 0 Å². The topological polar surface area (TPSA) is 83.8 Å². The van der Waals surface area contributed by atoms with Gasteiger partial charge in [-0.15, -0.1) is 0 Å².